The van der Waals surface area contributed by atoms with Crippen molar-refractivity contribution < 1.29 is 4.79 Å². The maximum atomic E-state index is 12.2. The molecule has 6 heteroatoms. The lowest BCUT2D eigenvalue weighted by atomic mass is 10.1. The van der Waals surface area contributed by atoms with Crippen LogP contribution in [-0.2, 0) is 4.79 Å². The van der Waals surface area contributed by atoms with Crippen LogP contribution in [0.5, 0.6) is 0 Å². The summed E-state index contributed by atoms with van der Waals surface area (Å²) in [5.41, 5.74) is -0.255. The third kappa shape index (κ3) is 3.41. The number of aromatic nitrogens is 3. The number of H-pyrrole nitrogens is 1. The van der Waals surface area contributed by atoms with Crippen LogP contribution >= 0.6 is 12.2 Å². The summed E-state index contributed by atoms with van der Waals surface area (Å²) in [5, 5.41) is 9.89. The Hall–Kier alpha value is -1.17. The number of carbonyl (C=O) groups is 1. The van der Waals surface area contributed by atoms with E-state index in [1.807, 2.05) is 41.5 Å². The number of hydrogen-bond donors (Lipinski definition) is 2. The average Bonchev–Trinajstić information content (AvgIpc) is 2.56. The molecule has 1 amide bonds. The zero-order valence-corrected chi connectivity index (χ0v) is 12.7. The predicted molar refractivity (Wildman–Crippen MR) is 74.1 cm³/mol. The van der Waals surface area contributed by atoms with Gasteiger partial charge < -0.3 is 5.32 Å². The molecule has 0 aliphatic carbocycles. The summed E-state index contributed by atoms with van der Waals surface area (Å²) >= 11 is 5.19. The topological polar surface area (TPSA) is 62.7 Å². The van der Waals surface area contributed by atoms with Gasteiger partial charge >= 0.3 is 0 Å². The van der Waals surface area contributed by atoms with Gasteiger partial charge in [0.15, 0.2) is 4.77 Å². The highest BCUT2D eigenvalue weighted by Crippen LogP contribution is 2.18. The Balaban J connectivity index is 3.04. The van der Waals surface area contributed by atoms with Gasteiger partial charge in [0.05, 0.1) is 0 Å². The molecule has 18 heavy (non-hydrogen) atoms. The van der Waals surface area contributed by atoms with Gasteiger partial charge in [-0.05, 0) is 39.9 Å². The maximum Gasteiger partial charge on any atom is 0.243 e. The van der Waals surface area contributed by atoms with E-state index >= 15 is 0 Å². The summed E-state index contributed by atoms with van der Waals surface area (Å²) in [5.74, 6) is 0.960. The number of nitrogens with zero attached hydrogens (tertiary/aromatic N) is 2. The summed E-state index contributed by atoms with van der Waals surface area (Å²) in [4.78, 5) is 12.2. The van der Waals surface area contributed by atoms with Crippen molar-refractivity contribution in [1.29, 1.82) is 0 Å². The Kier molecular flexibility index (Phi) is 4.32. The fourth-order valence-electron chi connectivity index (χ4n) is 1.69. The first-order valence-electron chi connectivity index (χ1n) is 6.12. The zero-order chi connectivity index (χ0) is 14.1. The Labute approximate surface area is 113 Å². The molecular weight excluding hydrogens is 248 g/mol. The number of aromatic amines is 1. The minimum absolute atomic E-state index is 0.0538. The van der Waals surface area contributed by atoms with Crippen molar-refractivity contribution in [2.24, 2.45) is 0 Å². The molecule has 5 nitrogen and oxygen atoms in total. The van der Waals surface area contributed by atoms with E-state index in [4.69, 9.17) is 12.2 Å². The summed E-state index contributed by atoms with van der Waals surface area (Å²) in [6.07, 6.45) is 0. The summed E-state index contributed by atoms with van der Waals surface area (Å²) in [6, 6.07) is -0.368. The Morgan fingerprint density at radius 3 is 2.39 bits per heavy atom. The van der Waals surface area contributed by atoms with Crippen molar-refractivity contribution in [3.8, 4) is 0 Å². The minimum atomic E-state index is -0.368. The number of rotatable bonds is 3. The molecule has 0 bridgehead atoms. The lowest BCUT2D eigenvalue weighted by Crippen LogP contribution is -2.44. The number of amides is 1. The van der Waals surface area contributed by atoms with Crippen molar-refractivity contribution >= 4 is 18.1 Å². The summed E-state index contributed by atoms with van der Waals surface area (Å²) in [7, 11) is 0. The second-order valence-electron chi connectivity index (χ2n) is 5.83. The van der Waals surface area contributed by atoms with Crippen LogP contribution in [0.25, 0.3) is 0 Å². The average molecular weight is 270 g/mol. The predicted octanol–water partition coefficient (Wildman–Crippen LogP) is 2.54. The van der Waals surface area contributed by atoms with Gasteiger partial charge in [-0.3, -0.25) is 14.5 Å². The molecule has 0 saturated heterocycles. The molecule has 0 aromatic carbocycles. The molecule has 102 valence electrons. The quantitative estimate of drug-likeness (QED) is 0.830. The van der Waals surface area contributed by atoms with Crippen LogP contribution in [0.4, 0.5) is 0 Å². The maximum absolute atomic E-state index is 12.2. The molecule has 1 rings (SSSR count). The Bertz CT molecular complexity index is 481. The first-order chi connectivity index (χ1) is 8.13. The van der Waals surface area contributed by atoms with E-state index in [0.717, 1.165) is 5.82 Å². The SMILES string of the molecule is CC(C)c1n[nH]c(=S)n1C(C)C(=O)NC(C)(C)C. The molecule has 0 aliphatic rings. The third-order valence-electron chi connectivity index (χ3n) is 2.51. The second-order valence-corrected chi connectivity index (χ2v) is 6.21. The zero-order valence-electron chi connectivity index (χ0n) is 11.9. The highest BCUT2D eigenvalue weighted by atomic mass is 32.1. The number of carbonyl (C=O) groups excluding carboxylic acids is 1. The van der Waals surface area contributed by atoms with Crippen molar-refractivity contribution in [2.45, 2.75) is 59.0 Å². The Morgan fingerprint density at radius 2 is 1.94 bits per heavy atom. The van der Waals surface area contributed by atoms with Gasteiger partial charge in [-0.15, -0.1) is 0 Å². The van der Waals surface area contributed by atoms with Crippen LogP contribution in [0.15, 0.2) is 0 Å². The molecule has 1 aromatic heterocycles. The fraction of sp³-hybridized carbons (Fsp3) is 0.750. The molecule has 1 atom stereocenters. The van der Waals surface area contributed by atoms with Crippen molar-refractivity contribution in [3.63, 3.8) is 0 Å². The van der Waals surface area contributed by atoms with Crippen LogP contribution in [-0.4, -0.2) is 26.2 Å². The van der Waals surface area contributed by atoms with Gasteiger partial charge in [-0.25, -0.2) is 0 Å². The molecule has 0 saturated carbocycles. The molecule has 1 heterocycles. The van der Waals surface area contributed by atoms with Crippen LogP contribution in [0.2, 0.25) is 0 Å². The van der Waals surface area contributed by atoms with E-state index in [-0.39, 0.29) is 23.4 Å². The highest BCUT2D eigenvalue weighted by Gasteiger charge is 2.24. The van der Waals surface area contributed by atoms with Gasteiger partial charge in [0.1, 0.15) is 11.9 Å². The number of nitrogens with one attached hydrogen (secondary N) is 2. The standard InChI is InChI=1S/C12H22N4OS/c1-7(2)9-14-15-11(18)16(9)8(3)10(17)13-12(4,5)6/h7-8H,1-6H3,(H,13,17)(H,15,18). The van der Waals surface area contributed by atoms with Gasteiger partial charge in [0.2, 0.25) is 5.91 Å². The van der Waals surface area contributed by atoms with Gasteiger partial charge in [0.25, 0.3) is 0 Å². The number of hydrogen-bond acceptors (Lipinski definition) is 3. The second kappa shape index (κ2) is 5.22. The van der Waals surface area contributed by atoms with Crippen LogP contribution in [0, 0.1) is 4.77 Å². The molecule has 0 fully saturated rings. The minimum Gasteiger partial charge on any atom is -0.350 e. The van der Waals surface area contributed by atoms with Crippen LogP contribution < -0.4 is 5.32 Å². The molecule has 0 radical (unpaired) electrons. The van der Waals surface area contributed by atoms with Crippen molar-refractivity contribution in [3.05, 3.63) is 10.6 Å². The lowest BCUT2D eigenvalue weighted by Gasteiger charge is -2.24. The first kappa shape index (κ1) is 14.9. The van der Waals surface area contributed by atoms with Crippen molar-refractivity contribution in [1.82, 2.24) is 20.1 Å². The third-order valence-corrected chi connectivity index (χ3v) is 2.80. The van der Waals surface area contributed by atoms with E-state index < -0.39 is 0 Å². The van der Waals surface area contributed by atoms with Gasteiger partial charge in [0, 0.05) is 11.5 Å². The largest absolute Gasteiger partial charge is 0.350 e. The molecule has 2 N–H and O–H groups in total. The normalized spacial score (nSPS) is 13.7. The summed E-state index contributed by atoms with van der Waals surface area (Å²) in [6.45, 7) is 11.7. The van der Waals surface area contributed by atoms with Gasteiger partial charge in [-0.2, -0.15) is 5.10 Å². The first-order valence-corrected chi connectivity index (χ1v) is 6.53. The van der Waals surface area contributed by atoms with E-state index in [2.05, 4.69) is 15.5 Å². The van der Waals surface area contributed by atoms with E-state index in [9.17, 15) is 4.79 Å². The Morgan fingerprint density at radius 1 is 1.39 bits per heavy atom. The monoisotopic (exact) mass is 270 g/mol. The van der Waals surface area contributed by atoms with Crippen molar-refractivity contribution in [2.75, 3.05) is 0 Å². The highest BCUT2D eigenvalue weighted by molar-refractivity contribution is 7.71. The molecule has 0 aliphatic heterocycles. The molecule has 1 unspecified atom stereocenters. The summed E-state index contributed by atoms with van der Waals surface area (Å²) < 4.78 is 2.26. The molecular formula is C12H22N4OS. The van der Waals surface area contributed by atoms with Gasteiger partial charge in [-0.1, -0.05) is 13.8 Å². The van der Waals surface area contributed by atoms with E-state index in [1.165, 1.54) is 0 Å². The van der Waals surface area contributed by atoms with Crippen LogP contribution in [0.1, 0.15) is 59.3 Å². The smallest absolute Gasteiger partial charge is 0.243 e. The van der Waals surface area contributed by atoms with E-state index in [1.54, 1.807) is 4.57 Å². The lowest BCUT2D eigenvalue weighted by molar-refractivity contribution is -0.125. The van der Waals surface area contributed by atoms with E-state index in [0.29, 0.717) is 4.77 Å². The fourth-order valence-corrected chi connectivity index (χ4v) is 1.99. The van der Waals surface area contributed by atoms with Crippen LogP contribution in [0.3, 0.4) is 0 Å². The molecule has 1 aromatic rings. The molecule has 0 spiro atoms.